The van der Waals surface area contributed by atoms with Gasteiger partial charge in [0.25, 0.3) is 0 Å². The number of rotatable bonds is 0. The Morgan fingerprint density at radius 2 is 0.975 bits per heavy atom. The van der Waals surface area contributed by atoms with Crippen LogP contribution in [-0.4, -0.2) is 37.2 Å². The molecule has 0 aromatic heterocycles. The van der Waals surface area contributed by atoms with E-state index in [0.717, 1.165) is 25.0 Å². The van der Waals surface area contributed by atoms with Gasteiger partial charge in [-0.25, -0.2) is 0 Å². The zero-order valence-electron chi connectivity index (χ0n) is 25.9. The molecule has 0 saturated heterocycles. The fourth-order valence-corrected chi connectivity index (χ4v) is 4.13. The molecule has 0 aliphatic rings. The van der Waals surface area contributed by atoms with Gasteiger partial charge in [-0.1, -0.05) is 107 Å². The van der Waals surface area contributed by atoms with Crippen LogP contribution < -0.4 is 0 Å². The third-order valence-corrected chi connectivity index (χ3v) is 6.17. The van der Waals surface area contributed by atoms with E-state index in [1.54, 1.807) is 31.3 Å². The van der Waals surface area contributed by atoms with Crippen LogP contribution in [0.3, 0.4) is 0 Å². The van der Waals surface area contributed by atoms with E-state index in [4.69, 9.17) is 15.3 Å². The van der Waals surface area contributed by atoms with Gasteiger partial charge in [-0.3, -0.25) is 0 Å². The monoisotopic (exact) mass is 591 g/mol. The molecule has 0 spiro atoms. The van der Waals surface area contributed by atoms with Gasteiger partial charge in [0.1, 0.15) is 5.75 Å². The van der Waals surface area contributed by atoms with Gasteiger partial charge < -0.3 is 30.2 Å². The van der Waals surface area contributed by atoms with Crippen LogP contribution in [0.2, 0.25) is 0 Å². The number of aliphatic hydroxyl groups is 2. The number of phenols is 1. The molecule has 0 saturated carbocycles. The summed E-state index contributed by atoms with van der Waals surface area (Å²) in [5.41, 5.74) is 3.21. The van der Waals surface area contributed by atoms with Crippen molar-refractivity contribution in [1.82, 2.24) is 0 Å². The molecule has 5 aromatic carbocycles. The summed E-state index contributed by atoms with van der Waals surface area (Å²) in [6.07, 6.45) is 0. The topological polar surface area (TPSA) is 60.7 Å². The number of aliphatic hydroxyl groups excluding tert-OH is 2. The molecule has 3 nitrogen and oxygen atoms in total. The number of hydrogen-bond acceptors (Lipinski definition) is 3. The van der Waals surface area contributed by atoms with Crippen molar-refractivity contribution in [2.75, 3.05) is 14.2 Å². The van der Waals surface area contributed by atoms with Gasteiger partial charge in [0.15, 0.2) is 0 Å². The molecule has 0 amide bonds. The van der Waals surface area contributed by atoms with Crippen molar-refractivity contribution >= 4 is 39.9 Å². The van der Waals surface area contributed by atoms with Gasteiger partial charge in [-0.15, -0.1) is 39.7 Å². The molecule has 0 fully saturated rings. The number of benzene rings is 4. The zero-order chi connectivity index (χ0) is 29.1. The van der Waals surface area contributed by atoms with Gasteiger partial charge >= 0.3 is 26.8 Å². The first kappa shape index (κ1) is 39.8. The second-order valence-electron chi connectivity index (χ2n) is 10.8. The summed E-state index contributed by atoms with van der Waals surface area (Å²) in [7, 11) is 4.97. The molecule has 216 valence electrons. The van der Waals surface area contributed by atoms with E-state index in [9.17, 15) is 0 Å². The second kappa shape index (κ2) is 18.2. The van der Waals surface area contributed by atoms with Crippen molar-refractivity contribution in [1.29, 1.82) is 0 Å². The summed E-state index contributed by atoms with van der Waals surface area (Å²) in [4.78, 5) is 0. The molecule has 2 radical (unpaired) electrons. The Kier molecular flexibility index (Phi) is 18.1. The fourth-order valence-electron chi connectivity index (χ4n) is 4.13. The van der Waals surface area contributed by atoms with E-state index >= 15 is 0 Å². The van der Waals surface area contributed by atoms with Gasteiger partial charge in [-0.05, 0) is 33.7 Å². The average Bonchev–Trinajstić information content (AvgIpc) is 3.29. The number of fused-ring (bicyclic) bond motifs is 4. The number of phenolic OH excluding ortho intramolecular Hbond substituents is 1. The van der Waals surface area contributed by atoms with Crippen LogP contribution in [0.15, 0.2) is 84.9 Å². The minimum absolute atomic E-state index is 0. The predicted molar refractivity (Wildman–Crippen MR) is 175 cm³/mol. The molecule has 5 heteroatoms. The summed E-state index contributed by atoms with van der Waals surface area (Å²) in [6.45, 7) is 13.6. The molecule has 5 rings (SSSR count). The molecule has 0 aliphatic carbocycles. The summed E-state index contributed by atoms with van der Waals surface area (Å²) >= 11 is 1.81. The molecule has 0 atom stereocenters. The molecule has 0 aliphatic heterocycles. The van der Waals surface area contributed by atoms with Crippen LogP contribution in [0.4, 0.5) is 0 Å². The van der Waals surface area contributed by atoms with E-state index in [2.05, 4.69) is 91.6 Å². The maximum atomic E-state index is 9.13. The van der Waals surface area contributed by atoms with Crippen LogP contribution in [0.5, 0.6) is 5.75 Å². The van der Waals surface area contributed by atoms with Crippen LogP contribution in [0.1, 0.15) is 52.7 Å². The van der Waals surface area contributed by atoms with Gasteiger partial charge in [0.2, 0.25) is 0 Å². The number of hydrogen-bond donors (Lipinski definition) is 3. The van der Waals surface area contributed by atoms with Crippen LogP contribution in [0, 0.1) is 14.9 Å². The molecular weight excluding hydrogens is 544 g/mol. The predicted octanol–water partition coefficient (Wildman–Crippen LogP) is 8.59. The molecule has 3 N–H and O–H groups in total. The first-order valence-electron chi connectivity index (χ1n) is 12.5. The number of aromatic hydroxyl groups is 1. The van der Waals surface area contributed by atoms with E-state index < -0.39 is 0 Å². The molecule has 40 heavy (non-hydrogen) atoms. The average molecular weight is 592 g/mol. The Morgan fingerprint density at radius 3 is 1.38 bits per heavy atom. The Bertz CT molecular complexity index is 1360. The standard InChI is InChI=1S/C21H25.C10H8O.2CH4O.2CH3.Si.Ti/c1-20(2,3)16-7-9-18-14(12-16)11-15-13-17(21(4,5)6)8-10-19(15)18;11-10-6-5-8-3-1-2-4-9(8)7-10;2*1-2;;;;/h7-13H,1-6H3;1-7,11H;2*2H,1H3;2*1H3;;/q-1;;;;2*-1;;. The van der Waals surface area contributed by atoms with E-state index in [0.29, 0.717) is 5.75 Å². The van der Waals surface area contributed by atoms with Crippen molar-refractivity contribution in [3.05, 3.63) is 111 Å². The summed E-state index contributed by atoms with van der Waals surface area (Å²) < 4.78 is 0. The van der Waals surface area contributed by atoms with E-state index in [1.165, 1.54) is 32.7 Å². The summed E-state index contributed by atoms with van der Waals surface area (Å²) in [5, 5.41) is 30.8. The van der Waals surface area contributed by atoms with E-state index in [1.807, 2.05) is 30.3 Å². The fraction of sp³-hybridized carbons (Fsp3) is 0.286. The van der Waals surface area contributed by atoms with Gasteiger partial charge in [0, 0.05) is 14.2 Å². The quantitative estimate of drug-likeness (QED) is 0.125. The second-order valence-corrected chi connectivity index (χ2v) is 10.8. The van der Waals surface area contributed by atoms with Crippen LogP contribution in [0.25, 0.3) is 32.3 Å². The van der Waals surface area contributed by atoms with Crippen molar-refractivity contribution in [3.8, 4) is 5.75 Å². The first-order valence-corrected chi connectivity index (χ1v) is 15.3. The van der Waals surface area contributed by atoms with Crippen LogP contribution >= 0.6 is 0 Å². The van der Waals surface area contributed by atoms with Crippen molar-refractivity contribution in [2.45, 2.75) is 52.4 Å². The molecule has 0 unspecified atom stereocenters. The molecular formula is C35H47O3SiTi-3. The van der Waals surface area contributed by atoms with Crippen LogP contribution in [-0.2, 0) is 30.0 Å². The Balaban J connectivity index is 0. The Morgan fingerprint density at radius 1 is 0.575 bits per heavy atom. The van der Waals surface area contributed by atoms with Crippen molar-refractivity contribution in [2.24, 2.45) is 0 Å². The van der Waals surface area contributed by atoms with Gasteiger partial charge in [-0.2, -0.15) is 0 Å². The Labute approximate surface area is 256 Å². The summed E-state index contributed by atoms with van der Waals surface area (Å²) in [5.74, 6) is 0.323. The summed E-state index contributed by atoms with van der Waals surface area (Å²) in [6, 6.07) is 29.5. The third-order valence-electron chi connectivity index (χ3n) is 6.17. The maximum absolute atomic E-state index is 9.13. The third kappa shape index (κ3) is 10.6. The minimum atomic E-state index is 0. The SMILES string of the molecule is CC(C)(C)c1ccc2c(c1)[cH-]c1cc(C(C)(C)C)ccc12.CO.CO.Oc1ccc2ccccc2c1.[CH3-].[CH3-].[Si]=[Ti]. The van der Waals surface area contributed by atoms with Gasteiger partial charge in [0.05, 0.1) is 0 Å². The molecule has 0 bridgehead atoms. The zero-order valence-corrected chi connectivity index (χ0v) is 28.5. The van der Waals surface area contributed by atoms with Crippen molar-refractivity contribution < 1.29 is 34.5 Å². The molecule has 0 heterocycles. The molecule has 5 aromatic rings. The van der Waals surface area contributed by atoms with E-state index in [-0.39, 0.29) is 25.7 Å². The van der Waals surface area contributed by atoms with Crippen molar-refractivity contribution in [3.63, 3.8) is 0 Å². The normalized spacial score (nSPS) is 10.1. The first-order chi connectivity index (χ1) is 18.0. The Hall–Kier alpha value is -2.34.